The molecular weight excluding hydrogens is 281 g/mol. The Morgan fingerprint density at radius 1 is 1.11 bits per heavy atom. The minimum atomic E-state index is -1.01. The molecule has 94 valence electrons. The van der Waals surface area contributed by atoms with Gasteiger partial charge in [0.15, 0.2) is 11.6 Å². The quantitative estimate of drug-likeness (QED) is 0.853. The third-order valence-corrected chi connectivity index (χ3v) is 3.08. The zero-order valence-corrected chi connectivity index (χ0v) is 10.8. The summed E-state index contributed by atoms with van der Waals surface area (Å²) in [6.07, 6.45) is 0. The predicted octanol–water partition coefficient (Wildman–Crippen LogP) is 4.22. The van der Waals surface area contributed by atoms with Crippen molar-refractivity contribution in [3.05, 3.63) is 45.4 Å². The van der Waals surface area contributed by atoms with E-state index in [1.54, 1.807) is 0 Å². The lowest BCUT2D eigenvalue weighted by molar-refractivity contribution is 0.505. The fourth-order valence-corrected chi connectivity index (χ4v) is 1.96. The molecule has 1 aromatic carbocycles. The van der Waals surface area contributed by atoms with Gasteiger partial charge in [-0.1, -0.05) is 29.3 Å². The van der Waals surface area contributed by atoms with Gasteiger partial charge in [0.05, 0.1) is 15.7 Å². The van der Waals surface area contributed by atoms with Crippen LogP contribution in [0.4, 0.5) is 14.6 Å². The summed E-state index contributed by atoms with van der Waals surface area (Å²) in [6.45, 7) is 1.47. The molecule has 0 aliphatic heterocycles. The van der Waals surface area contributed by atoms with Crippen molar-refractivity contribution in [2.75, 3.05) is 5.73 Å². The molecule has 1 aromatic heterocycles. The van der Waals surface area contributed by atoms with Crippen molar-refractivity contribution in [1.82, 2.24) is 4.98 Å². The largest absolute Gasteiger partial charge is 0.382 e. The summed E-state index contributed by atoms with van der Waals surface area (Å²) in [5.41, 5.74) is 5.75. The topological polar surface area (TPSA) is 38.9 Å². The minimum absolute atomic E-state index is 0.0106. The van der Waals surface area contributed by atoms with Crippen molar-refractivity contribution >= 4 is 29.0 Å². The molecule has 0 radical (unpaired) electrons. The fourth-order valence-electron chi connectivity index (χ4n) is 1.50. The number of pyridine rings is 1. The zero-order valence-electron chi connectivity index (χ0n) is 9.27. The number of nitrogens with two attached hydrogens (primary N) is 1. The standard InChI is InChI=1S/C12H8Cl2F2N2/c1-5-2-3-6(10(16)9(5)15)11-7(13)4-8(14)12(17)18-11/h2-4H,1H3,(H2,17,18). The summed E-state index contributed by atoms with van der Waals surface area (Å²) in [5, 5.41) is 0.271. The highest BCUT2D eigenvalue weighted by atomic mass is 35.5. The molecule has 0 aliphatic rings. The van der Waals surface area contributed by atoms with Gasteiger partial charge in [0.25, 0.3) is 0 Å². The van der Waals surface area contributed by atoms with Crippen molar-refractivity contribution in [2.45, 2.75) is 6.92 Å². The number of hydrogen-bond donors (Lipinski definition) is 1. The third-order valence-electron chi connectivity index (χ3n) is 2.49. The van der Waals surface area contributed by atoms with Crippen molar-refractivity contribution < 1.29 is 8.78 Å². The lowest BCUT2D eigenvalue weighted by atomic mass is 10.1. The first kappa shape index (κ1) is 13.1. The van der Waals surface area contributed by atoms with Gasteiger partial charge in [0.2, 0.25) is 0 Å². The molecule has 0 aliphatic carbocycles. The smallest absolute Gasteiger partial charge is 0.168 e. The van der Waals surface area contributed by atoms with Crippen LogP contribution in [0.1, 0.15) is 5.56 Å². The van der Waals surface area contributed by atoms with Gasteiger partial charge in [-0.3, -0.25) is 0 Å². The number of aryl methyl sites for hydroxylation is 1. The third kappa shape index (κ3) is 2.13. The van der Waals surface area contributed by atoms with Crippen LogP contribution in [0.2, 0.25) is 10.0 Å². The highest BCUT2D eigenvalue weighted by molar-refractivity contribution is 6.37. The summed E-state index contributed by atoms with van der Waals surface area (Å²) >= 11 is 11.6. The highest BCUT2D eigenvalue weighted by Gasteiger charge is 2.17. The van der Waals surface area contributed by atoms with Gasteiger partial charge >= 0.3 is 0 Å². The van der Waals surface area contributed by atoms with E-state index in [2.05, 4.69) is 4.98 Å². The Balaban J connectivity index is 2.70. The fraction of sp³-hybridized carbons (Fsp3) is 0.0833. The van der Waals surface area contributed by atoms with Gasteiger partial charge < -0.3 is 5.73 Å². The molecule has 0 fully saturated rings. The van der Waals surface area contributed by atoms with E-state index in [-0.39, 0.29) is 32.7 Å². The van der Waals surface area contributed by atoms with Crippen LogP contribution < -0.4 is 5.73 Å². The van der Waals surface area contributed by atoms with Crippen molar-refractivity contribution in [3.8, 4) is 11.3 Å². The van der Waals surface area contributed by atoms with Crippen LogP contribution in [-0.4, -0.2) is 4.98 Å². The maximum Gasteiger partial charge on any atom is 0.168 e. The molecule has 1 heterocycles. The molecule has 0 bridgehead atoms. The first-order chi connectivity index (χ1) is 8.41. The second-order valence-electron chi connectivity index (χ2n) is 3.74. The average Bonchev–Trinajstić information content (AvgIpc) is 2.32. The highest BCUT2D eigenvalue weighted by Crippen LogP contribution is 2.33. The SMILES string of the molecule is Cc1ccc(-c2nc(N)c(Cl)cc2Cl)c(F)c1F. The lowest BCUT2D eigenvalue weighted by Gasteiger charge is -2.09. The summed E-state index contributed by atoms with van der Waals surface area (Å²) in [7, 11) is 0. The number of anilines is 1. The Labute approximate surface area is 112 Å². The molecule has 0 amide bonds. The van der Waals surface area contributed by atoms with Gasteiger partial charge in [0.1, 0.15) is 5.82 Å². The van der Waals surface area contributed by atoms with Gasteiger partial charge in [0, 0.05) is 5.56 Å². The van der Waals surface area contributed by atoms with Crippen molar-refractivity contribution in [2.24, 2.45) is 0 Å². The molecule has 2 N–H and O–H groups in total. The second-order valence-corrected chi connectivity index (χ2v) is 4.56. The number of nitrogen functional groups attached to an aromatic ring is 1. The van der Waals surface area contributed by atoms with Crippen molar-refractivity contribution in [1.29, 1.82) is 0 Å². The average molecular weight is 289 g/mol. The number of aromatic nitrogens is 1. The maximum atomic E-state index is 13.8. The Morgan fingerprint density at radius 2 is 1.78 bits per heavy atom. The molecule has 6 heteroatoms. The van der Waals surface area contributed by atoms with Crippen LogP contribution in [0.15, 0.2) is 18.2 Å². The van der Waals surface area contributed by atoms with Gasteiger partial charge in [-0.05, 0) is 24.6 Å². The van der Waals surface area contributed by atoms with E-state index < -0.39 is 11.6 Å². The van der Waals surface area contributed by atoms with Crippen LogP contribution in [-0.2, 0) is 0 Å². The van der Waals surface area contributed by atoms with E-state index in [1.165, 1.54) is 25.1 Å². The van der Waals surface area contributed by atoms with Crippen molar-refractivity contribution in [3.63, 3.8) is 0 Å². The van der Waals surface area contributed by atoms with Gasteiger partial charge in [-0.25, -0.2) is 13.8 Å². The summed E-state index contributed by atoms with van der Waals surface area (Å²) in [6, 6.07) is 4.18. The number of halogens is 4. The molecule has 0 saturated carbocycles. The normalized spacial score (nSPS) is 10.7. The number of benzene rings is 1. The lowest BCUT2D eigenvalue weighted by Crippen LogP contribution is -1.98. The predicted molar refractivity (Wildman–Crippen MR) is 68.8 cm³/mol. The maximum absolute atomic E-state index is 13.8. The minimum Gasteiger partial charge on any atom is -0.382 e. The molecule has 2 rings (SSSR count). The van der Waals surface area contributed by atoms with Crippen LogP contribution in [0.3, 0.4) is 0 Å². The first-order valence-corrected chi connectivity index (χ1v) is 5.74. The number of nitrogens with zero attached hydrogens (tertiary/aromatic N) is 1. The second kappa shape index (κ2) is 4.71. The molecule has 18 heavy (non-hydrogen) atoms. The molecule has 0 saturated heterocycles. The molecule has 0 unspecified atom stereocenters. The van der Waals surface area contributed by atoms with Crippen LogP contribution in [0, 0.1) is 18.6 Å². The van der Waals surface area contributed by atoms with E-state index in [0.717, 1.165) is 0 Å². The molecule has 0 spiro atoms. The van der Waals surface area contributed by atoms with Crippen LogP contribution >= 0.6 is 23.2 Å². The summed E-state index contributed by atoms with van der Waals surface area (Å²) in [4.78, 5) is 3.88. The van der Waals surface area contributed by atoms with E-state index >= 15 is 0 Å². The van der Waals surface area contributed by atoms with E-state index in [1.807, 2.05) is 0 Å². The Kier molecular flexibility index (Phi) is 3.41. The molecule has 0 atom stereocenters. The van der Waals surface area contributed by atoms with Crippen LogP contribution in [0.5, 0.6) is 0 Å². The van der Waals surface area contributed by atoms with Gasteiger partial charge in [-0.15, -0.1) is 0 Å². The van der Waals surface area contributed by atoms with E-state index in [0.29, 0.717) is 0 Å². The Bertz CT molecular complexity index is 630. The van der Waals surface area contributed by atoms with E-state index in [4.69, 9.17) is 28.9 Å². The molecule has 2 aromatic rings. The monoisotopic (exact) mass is 288 g/mol. The number of rotatable bonds is 1. The summed E-state index contributed by atoms with van der Waals surface area (Å²) < 4.78 is 27.3. The van der Waals surface area contributed by atoms with E-state index in [9.17, 15) is 8.78 Å². The Hall–Kier alpha value is -1.39. The molecular formula is C12H8Cl2F2N2. The van der Waals surface area contributed by atoms with Crippen LogP contribution in [0.25, 0.3) is 11.3 Å². The van der Waals surface area contributed by atoms with Gasteiger partial charge in [-0.2, -0.15) is 0 Å². The first-order valence-electron chi connectivity index (χ1n) is 4.98. The number of hydrogen-bond acceptors (Lipinski definition) is 2. The summed E-state index contributed by atoms with van der Waals surface area (Å²) in [5.74, 6) is -1.93. The zero-order chi connectivity index (χ0) is 13.4. The Morgan fingerprint density at radius 3 is 2.44 bits per heavy atom. The molecule has 2 nitrogen and oxygen atoms in total.